The lowest BCUT2D eigenvalue weighted by Crippen LogP contribution is -2.43. The van der Waals surface area contributed by atoms with Crippen LogP contribution in [0.1, 0.15) is 20.8 Å². The van der Waals surface area contributed by atoms with Gasteiger partial charge in [-0.05, 0) is 20.8 Å². The normalized spacial score (nSPS) is 14.0. The molecule has 0 atom stereocenters. The Balaban J connectivity index is 5.34. The minimum absolute atomic E-state index is 0.350. The highest BCUT2D eigenvalue weighted by Crippen LogP contribution is 2.22. The standard InChI is InChI=1S/C11H24O10S3/c1-4-22(13,14)19-8-11(7-12,9-20-23(15,16)5-2)10-21-24(17,18)6-3/h12H,4-10H2,1-3H3. The molecule has 0 heterocycles. The summed E-state index contributed by atoms with van der Waals surface area (Å²) in [6.45, 7) is 1.07. The van der Waals surface area contributed by atoms with Crippen LogP contribution in [0.5, 0.6) is 0 Å². The van der Waals surface area contributed by atoms with E-state index in [1.165, 1.54) is 20.8 Å². The van der Waals surface area contributed by atoms with Crippen molar-refractivity contribution >= 4 is 30.4 Å². The van der Waals surface area contributed by atoms with Crippen molar-refractivity contribution < 1.29 is 42.9 Å². The summed E-state index contributed by atoms with van der Waals surface area (Å²) in [7, 11) is -11.7. The van der Waals surface area contributed by atoms with Gasteiger partial charge in [-0.2, -0.15) is 25.3 Å². The van der Waals surface area contributed by atoms with Gasteiger partial charge in [-0.25, -0.2) is 0 Å². The van der Waals surface area contributed by atoms with Crippen LogP contribution in [-0.4, -0.2) is 74.0 Å². The van der Waals surface area contributed by atoms with E-state index in [4.69, 9.17) is 12.5 Å². The Morgan fingerprint density at radius 3 is 1.08 bits per heavy atom. The molecule has 1 N–H and O–H groups in total. The molecule has 0 spiro atoms. The molecule has 0 radical (unpaired) electrons. The fourth-order valence-corrected chi connectivity index (χ4v) is 2.94. The number of hydrogen-bond donors (Lipinski definition) is 1. The van der Waals surface area contributed by atoms with Crippen LogP contribution in [-0.2, 0) is 42.9 Å². The van der Waals surface area contributed by atoms with Gasteiger partial charge in [-0.1, -0.05) is 0 Å². The Labute approximate surface area is 143 Å². The second-order valence-corrected chi connectivity index (χ2v) is 10.8. The predicted molar refractivity (Wildman–Crippen MR) is 85.8 cm³/mol. The van der Waals surface area contributed by atoms with Gasteiger partial charge in [0.2, 0.25) is 0 Å². The van der Waals surface area contributed by atoms with E-state index in [1.807, 2.05) is 0 Å². The van der Waals surface area contributed by atoms with Crippen LogP contribution < -0.4 is 0 Å². The highest BCUT2D eigenvalue weighted by molar-refractivity contribution is 7.87. The summed E-state index contributed by atoms with van der Waals surface area (Å²) in [5.74, 6) is -1.05. The first-order valence-electron chi connectivity index (χ1n) is 7.08. The molecule has 0 aliphatic carbocycles. The average molecular weight is 413 g/mol. The van der Waals surface area contributed by atoms with E-state index in [1.54, 1.807) is 0 Å². The zero-order chi connectivity index (χ0) is 19.1. The largest absolute Gasteiger partial charge is 0.396 e. The minimum atomic E-state index is -3.90. The van der Waals surface area contributed by atoms with Crippen molar-refractivity contribution in [2.45, 2.75) is 20.8 Å². The summed E-state index contributed by atoms with van der Waals surface area (Å²) in [6, 6.07) is 0. The molecule has 0 aliphatic heterocycles. The van der Waals surface area contributed by atoms with Gasteiger partial charge in [0, 0.05) is 0 Å². The quantitative estimate of drug-likeness (QED) is 0.375. The summed E-state index contributed by atoms with van der Waals surface area (Å²) in [6.07, 6.45) is 0. The highest BCUT2D eigenvalue weighted by atomic mass is 32.2. The van der Waals surface area contributed by atoms with E-state index in [2.05, 4.69) is 0 Å². The maximum atomic E-state index is 11.5. The molecule has 0 aromatic heterocycles. The lowest BCUT2D eigenvalue weighted by Gasteiger charge is -2.29. The van der Waals surface area contributed by atoms with Gasteiger partial charge in [0.05, 0.1) is 49.1 Å². The van der Waals surface area contributed by atoms with Crippen molar-refractivity contribution in [2.75, 3.05) is 43.7 Å². The molecule has 0 fully saturated rings. The van der Waals surface area contributed by atoms with Gasteiger partial charge in [0.1, 0.15) is 0 Å². The number of hydrogen-bond acceptors (Lipinski definition) is 10. The molecular weight excluding hydrogens is 388 g/mol. The van der Waals surface area contributed by atoms with E-state index in [0.29, 0.717) is 0 Å². The molecule has 24 heavy (non-hydrogen) atoms. The van der Waals surface area contributed by atoms with Crippen LogP contribution in [0.25, 0.3) is 0 Å². The Bertz CT molecular complexity index is 584. The molecule has 0 amide bonds. The second kappa shape index (κ2) is 9.40. The van der Waals surface area contributed by atoms with Gasteiger partial charge < -0.3 is 5.11 Å². The van der Waals surface area contributed by atoms with E-state index >= 15 is 0 Å². The van der Waals surface area contributed by atoms with Gasteiger partial charge in [0.15, 0.2) is 0 Å². The van der Waals surface area contributed by atoms with E-state index in [-0.39, 0.29) is 17.3 Å². The fourth-order valence-electron chi connectivity index (χ4n) is 1.16. The molecular formula is C11H24O10S3. The van der Waals surface area contributed by atoms with Crippen molar-refractivity contribution in [2.24, 2.45) is 5.41 Å². The van der Waals surface area contributed by atoms with Crippen LogP contribution in [0.4, 0.5) is 0 Å². The third kappa shape index (κ3) is 8.69. The van der Waals surface area contributed by atoms with E-state index in [9.17, 15) is 30.4 Å². The van der Waals surface area contributed by atoms with Gasteiger partial charge in [0.25, 0.3) is 30.4 Å². The summed E-state index contributed by atoms with van der Waals surface area (Å²) < 4.78 is 82.8. The van der Waals surface area contributed by atoms with Crippen molar-refractivity contribution in [3.63, 3.8) is 0 Å². The molecule has 0 aromatic carbocycles. The maximum Gasteiger partial charge on any atom is 0.267 e. The molecule has 0 unspecified atom stereocenters. The van der Waals surface area contributed by atoms with Crippen LogP contribution in [0.3, 0.4) is 0 Å². The number of aliphatic hydroxyl groups excluding tert-OH is 1. The molecule has 146 valence electrons. The monoisotopic (exact) mass is 412 g/mol. The molecule has 13 heteroatoms. The Morgan fingerprint density at radius 1 is 0.667 bits per heavy atom. The topological polar surface area (TPSA) is 150 Å². The molecule has 0 saturated carbocycles. The van der Waals surface area contributed by atoms with Crippen molar-refractivity contribution in [3.05, 3.63) is 0 Å². The molecule has 0 saturated heterocycles. The van der Waals surface area contributed by atoms with Crippen molar-refractivity contribution in [1.82, 2.24) is 0 Å². The summed E-state index contributed by atoms with van der Waals surface area (Å²) in [4.78, 5) is 0. The first-order chi connectivity index (χ1) is 10.9. The van der Waals surface area contributed by atoms with Crippen molar-refractivity contribution in [3.8, 4) is 0 Å². The van der Waals surface area contributed by atoms with Crippen LogP contribution in [0.2, 0.25) is 0 Å². The zero-order valence-electron chi connectivity index (χ0n) is 13.8. The zero-order valence-corrected chi connectivity index (χ0v) is 16.2. The first kappa shape index (κ1) is 23.7. The molecule has 0 bridgehead atoms. The molecule has 10 nitrogen and oxygen atoms in total. The SMILES string of the molecule is CCS(=O)(=O)OCC(CO)(COS(=O)(=O)CC)COS(=O)(=O)CC. The van der Waals surface area contributed by atoms with E-state index < -0.39 is 62.2 Å². The summed E-state index contributed by atoms with van der Waals surface area (Å²) in [5, 5.41) is 9.56. The summed E-state index contributed by atoms with van der Waals surface area (Å²) in [5.41, 5.74) is -1.69. The minimum Gasteiger partial charge on any atom is -0.396 e. The van der Waals surface area contributed by atoms with Crippen molar-refractivity contribution in [1.29, 1.82) is 0 Å². The smallest absolute Gasteiger partial charge is 0.267 e. The number of aliphatic hydroxyl groups is 1. The Hall–Kier alpha value is -0.310. The van der Waals surface area contributed by atoms with Gasteiger partial charge >= 0.3 is 0 Å². The third-order valence-electron chi connectivity index (χ3n) is 3.03. The highest BCUT2D eigenvalue weighted by Gasteiger charge is 2.36. The fraction of sp³-hybridized carbons (Fsp3) is 1.00. The lowest BCUT2D eigenvalue weighted by atomic mass is 9.93. The first-order valence-corrected chi connectivity index (χ1v) is 11.8. The third-order valence-corrected chi connectivity index (χ3v) is 6.58. The Kier molecular flexibility index (Phi) is 9.28. The average Bonchev–Trinajstić information content (AvgIpc) is 2.55. The Morgan fingerprint density at radius 2 is 0.917 bits per heavy atom. The van der Waals surface area contributed by atoms with Crippen LogP contribution in [0, 0.1) is 5.41 Å². The summed E-state index contributed by atoms with van der Waals surface area (Å²) >= 11 is 0. The second-order valence-electron chi connectivity index (χ2n) is 4.98. The maximum absolute atomic E-state index is 11.5. The van der Waals surface area contributed by atoms with Gasteiger partial charge in [-0.3, -0.25) is 12.5 Å². The van der Waals surface area contributed by atoms with Crippen LogP contribution in [0.15, 0.2) is 0 Å². The molecule has 0 rings (SSSR count). The lowest BCUT2D eigenvalue weighted by molar-refractivity contribution is -0.00566. The van der Waals surface area contributed by atoms with Gasteiger partial charge in [-0.15, -0.1) is 0 Å². The predicted octanol–water partition coefficient (Wildman–Crippen LogP) is -0.936. The van der Waals surface area contributed by atoms with Crippen LogP contribution >= 0.6 is 0 Å². The number of rotatable bonds is 13. The molecule has 0 aliphatic rings. The molecule has 0 aromatic rings. The van der Waals surface area contributed by atoms with E-state index in [0.717, 1.165) is 0 Å².